The van der Waals surface area contributed by atoms with Gasteiger partial charge >= 0.3 is 80.3 Å². The second-order valence-electron chi connectivity index (χ2n) is 5.63. The van der Waals surface area contributed by atoms with Crippen LogP contribution in [0, 0.1) is 0 Å². The molecular weight excluding hydrogens is 472 g/mol. The van der Waals surface area contributed by atoms with Crippen LogP contribution in [0.5, 0.6) is 0 Å². The zero-order chi connectivity index (χ0) is 22.1. The predicted molar refractivity (Wildman–Crippen MR) is 68.1 cm³/mol. The number of hydrogen-bond donors (Lipinski definition) is 0. The summed E-state index contributed by atoms with van der Waals surface area (Å²) >= 11 is 0. The van der Waals surface area contributed by atoms with Crippen LogP contribution in [0.25, 0.3) is 0 Å². The average molecular weight is 486 g/mol. The Labute approximate surface area is 195 Å². The van der Waals surface area contributed by atoms with Gasteiger partial charge in [0.25, 0.3) is 0 Å². The van der Waals surface area contributed by atoms with E-state index in [4.69, 9.17) is 0 Å². The maximum absolute atomic E-state index is 13.4. The van der Waals surface area contributed by atoms with E-state index >= 15 is 0 Å². The Morgan fingerprint density at radius 2 is 1.21 bits per heavy atom. The SMILES string of the molecule is CCCCCCC(F)C(F)(F)C(F)(F)C(F)(F)C(F)(F)C(F)(F)S(=O)(=O)[O-].[K+]. The van der Waals surface area contributed by atoms with E-state index in [1.807, 2.05) is 0 Å². The second-order valence-corrected chi connectivity index (χ2v) is 7.05. The van der Waals surface area contributed by atoms with Crippen LogP contribution in [-0.4, -0.2) is 48.1 Å². The van der Waals surface area contributed by atoms with Crippen LogP contribution < -0.4 is 51.4 Å². The summed E-state index contributed by atoms with van der Waals surface area (Å²) < 4.78 is 175. The molecule has 0 aromatic heterocycles. The molecule has 0 N–H and O–H groups in total. The van der Waals surface area contributed by atoms with Gasteiger partial charge in [-0.1, -0.05) is 32.6 Å². The molecule has 28 heavy (non-hydrogen) atoms. The van der Waals surface area contributed by atoms with Crippen LogP contribution in [0.1, 0.15) is 39.0 Å². The van der Waals surface area contributed by atoms with Gasteiger partial charge in [-0.05, 0) is 6.42 Å². The molecule has 1 atom stereocenters. The van der Waals surface area contributed by atoms with Gasteiger partial charge in [-0.25, -0.2) is 12.8 Å². The van der Waals surface area contributed by atoms with Crippen molar-refractivity contribution in [3.63, 3.8) is 0 Å². The van der Waals surface area contributed by atoms with E-state index in [2.05, 4.69) is 0 Å². The molecule has 0 spiro atoms. The minimum atomic E-state index is -7.79. The van der Waals surface area contributed by atoms with E-state index in [9.17, 15) is 61.3 Å². The van der Waals surface area contributed by atoms with Gasteiger partial charge in [-0.3, -0.25) is 0 Å². The van der Waals surface area contributed by atoms with E-state index in [0.717, 1.165) is 0 Å². The van der Waals surface area contributed by atoms with Gasteiger partial charge in [0.15, 0.2) is 16.3 Å². The normalized spacial score (nSPS) is 15.9. The Morgan fingerprint density at radius 3 is 1.57 bits per heavy atom. The first kappa shape index (κ1) is 31.0. The van der Waals surface area contributed by atoms with E-state index in [1.165, 1.54) is 0 Å². The van der Waals surface area contributed by atoms with Gasteiger partial charge in [-0.15, -0.1) is 0 Å². The van der Waals surface area contributed by atoms with E-state index in [-0.39, 0.29) is 57.8 Å². The Hall–Kier alpha value is 0.776. The monoisotopic (exact) mass is 486 g/mol. The molecular formula is C12H14F11KO3S. The fourth-order valence-corrected chi connectivity index (χ4v) is 2.32. The first-order valence-corrected chi connectivity index (χ1v) is 8.62. The molecule has 16 heteroatoms. The van der Waals surface area contributed by atoms with Crippen molar-refractivity contribution in [2.75, 3.05) is 0 Å². The molecule has 0 rings (SSSR count). The second kappa shape index (κ2) is 9.93. The zero-order valence-electron chi connectivity index (χ0n) is 14.4. The minimum absolute atomic E-state index is 0. The zero-order valence-corrected chi connectivity index (χ0v) is 18.3. The molecule has 0 aliphatic heterocycles. The quantitative estimate of drug-likeness (QED) is 0.194. The van der Waals surface area contributed by atoms with Gasteiger partial charge in [0.05, 0.1) is 0 Å². The van der Waals surface area contributed by atoms with Gasteiger partial charge in [0.2, 0.25) is 0 Å². The Morgan fingerprint density at radius 1 is 0.786 bits per heavy atom. The third kappa shape index (κ3) is 5.33. The first-order chi connectivity index (χ1) is 11.7. The molecule has 0 heterocycles. The van der Waals surface area contributed by atoms with Gasteiger partial charge < -0.3 is 4.55 Å². The molecule has 164 valence electrons. The summed E-state index contributed by atoms with van der Waals surface area (Å²) in [6.45, 7) is 1.61. The molecule has 0 radical (unpaired) electrons. The van der Waals surface area contributed by atoms with Crippen molar-refractivity contribution in [1.29, 1.82) is 0 Å². The Kier molecular flexibility index (Phi) is 11.0. The fraction of sp³-hybridized carbons (Fsp3) is 1.00. The van der Waals surface area contributed by atoms with Crippen molar-refractivity contribution in [2.24, 2.45) is 0 Å². The summed E-state index contributed by atoms with van der Waals surface area (Å²) in [5.74, 6) is -29.6. The number of unbranched alkanes of at least 4 members (excludes halogenated alkanes) is 3. The maximum atomic E-state index is 13.4. The van der Waals surface area contributed by atoms with Crippen LogP contribution in [0.15, 0.2) is 0 Å². The van der Waals surface area contributed by atoms with E-state index < -0.39 is 58.1 Å². The maximum Gasteiger partial charge on any atom is 1.00 e. The Bertz CT molecular complexity index is 610. The molecule has 0 aromatic rings. The molecule has 0 aliphatic rings. The average Bonchev–Trinajstić information content (AvgIpc) is 2.49. The summed E-state index contributed by atoms with van der Waals surface area (Å²) in [4.78, 5) is 0. The predicted octanol–water partition coefficient (Wildman–Crippen LogP) is 1.98. The molecule has 0 aliphatic carbocycles. The molecule has 0 bridgehead atoms. The molecule has 3 nitrogen and oxygen atoms in total. The van der Waals surface area contributed by atoms with E-state index in [0.29, 0.717) is 12.8 Å². The van der Waals surface area contributed by atoms with Crippen molar-refractivity contribution >= 4 is 10.1 Å². The van der Waals surface area contributed by atoms with Gasteiger partial charge in [-0.2, -0.15) is 43.9 Å². The topological polar surface area (TPSA) is 57.2 Å². The van der Waals surface area contributed by atoms with Crippen LogP contribution >= 0.6 is 0 Å². The summed E-state index contributed by atoms with van der Waals surface area (Å²) in [5.41, 5.74) is 0. The molecule has 0 saturated heterocycles. The molecule has 0 saturated carbocycles. The van der Waals surface area contributed by atoms with Gasteiger partial charge in [0, 0.05) is 0 Å². The van der Waals surface area contributed by atoms with Crippen LogP contribution in [0.3, 0.4) is 0 Å². The van der Waals surface area contributed by atoms with Crippen molar-refractivity contribution in [2.45, 2.75) is 74.1 Å². The summed E-state index contributed by atoms with van der Waals surface area (Å²) in [7, 11) is -7.68. The number of halogens is 11. The van der Waals surface area contributed by atoms with Crippen molar-refractivity contribution in [1.82, 2.24) is 0 Å². The summed E-state index contributed by atoms with van der Waals surface area (Å²) in [6.07, 6.45) is -5.36. The van der Waals surface area contributed by atoms with Crippen LogP contribution in [0.2, 0.25) is 0 Å². The number of hydrogen-bond acceptors (Lipinski definition) is 3. The van der Waals surface area contributed by atoms with Crippen molar-refractivity contribution in [3.8, 4) is 0 Å². The molecule has 1 unspecified atom stereocenters. The first-order valence-electron chi connectivity index (χ1n) is 7.22. The largest absolute Gasteiger partial charge is 1.00 e. The summed E-state index contributed by atoms with van der Waals surface area (Å²) in [5, 5.41) is -7.38. The minimum Gasteiger partial charge on any atom is -0.743 e. The third-order valence-corrected chi connectivity index (χ3v) is 4.48. The number of alkyl halides is 11. The number of rotatable bonds is 11. The van der Waals surface area contributed by atoms with Crippen molar-refractivity contribution in [3.05, 3.63) is 0 Å². The van der Waals surface area contributed by atoms with Crippen LogP contribution in [-0.2, 0) is 10.1 Å². The molecule has 0 amide bonds. The standard InChI is InChI=1S/C12H15F11O3S.K/c1-2-3-4-5-6-7(13)8(14,15)9(16,17)10(18,19)11(20,21)12(22,23)27(24,25)26;/h7H,2-6H2,1H3,(H,24,25,26);/q;+1/p-1. The van der Waals surface area contributed by atoms with E-state index in [1.54, 1.807) is 6.92 Å². The van der Waals surface area contributed by atoms with Crippen molar-refractivity contribution < 1.29 is 113 Å². The van der Waals surface area contributed by atoms with Crippen LogP contribution in [0.4, 0.5) is 48.3 Å². The fourth-order valence-electron chi connectivity index (χ4n) is 1.87. The third-order valence-electron chi connectivity index (χ3n) is 3.59. The van der Waals surface area contributed by atoms with Gasteiger partial charge in [0.1, 0.15) is 0 Å². The smallest absolute Gasteiger partial charge is 0.743 e. The molecule has 0 aromatic carbocycles. The summed E-state index contributed by atoms with van der Waals surface area (Å²) in [6, 6.07) is 0. The molecule has 0 fully saturated rings. The Balaban J connectivity index is 0.